The largest absolute Gasteiger partial charge is 0.322 e. The van der Waals surface area contributed by atoms with E-state index >= 15 is 0 Å². The van der Waals surface area contributed by atoms with Crippen molar-refractivity contribution in [3.05, 3.63) is 51.6 Å². The number of rotatable bonds is 2. The molecule has 2 aromatic heterocycles. The number of aromatic amines is 1. The maximum Gasteiger partial charge on any atom is 0.253 e. The molecule has 3 atom stereocenters. The number of H-pyrrole nitrogens is 1. The molecule has 1 aromatic carbocycles. The summed E-state index contributed by atoms with van der Waals surface area (Å²) in [5.41, 5.74) is 2.84. The smallest absolute Gasteiger partial charge is 0.253 e. The normalized spacial score (nSPS) is 29.2. The molecule has 2 unspecified atom stereocenters. The van der Waals surface area contributed by atoms with Crippen LogP contribution >= 0.6 is 0 Å². The molecule has 4 heterocycles. The van der Waals surface area contributed by atoms with Crippen LogP contribution in [0.15, 0.2) is 29.1 Å². The van der Waals surface area contributed by atoms with Gasteiger partial charge in [-0.25, -0.2) is 4.68 Å². The predicted molar refractivity (Wildman–Crippen MR) is 128 cm³/mol. The van der Waals surface area contributed by atoms with Crippen LogP contribution in [0.5, 0.6) is 0 Å². The Bertz CT molecular complexity index is 1250. The number of nitrogens with one attached hydrogen (secondary N) is 1. The third kappa shape index (κ3) is 2.97. The average Bonchev–Trinajstić information content (AvgIpc) is 3.30. The van der Waals surface area contributed by atoms with Crippen molar-refractivity contribution in [3.63, 3.8) is 0 Å². The van der Waals surface area contributed by atoms with Crippen LogP contribution in [-0.2, 0) is 5.54 Å². The highest BCUT2D eigenvalue weighted by Gasteiger charge is 2.59. The van der Waals surface area contributed by atoms with E-state index in [9.17, 15) is 4.79 Å². The highest BCUT2D eigenvalue weighted by Crippen LogP contribution is 2.57. The Labute approximate surface area is 194 Å². The standard InChI is InChI=1S/C26H34N6O/c1-4-25(3)24-26(11-6-5-7-12-26)13-8-14-31(24)21(22-28-29-30-32(22)25)19-16-18-10-9-17(2)15-20(18)27-23(19)33/h9-10,15-16,21,24H,4-8,11-14H2,1-3H3,(H,27,33)/t21-,24?,25?/m1/s1. The average molecular weight is 447 g/mol. The fourth-order valence-corrected chi connectivity index (χ4v) is 7.49. The molecule has 2 aliphatic heterocycles. The van der Waals surface area contributed by atoms with Crippen molar-refractivity contribution in [2.75, 3.05) is 6.54 Å². The summed E-state index contributed by atoms with van der Waals surface area (Å²) in [6, 6.07) is 8.41. The number of piperidine rings is 1. The molecular weight excluding hydrogens is 412 g/mol. The minimum atomic E-state index is -0.224. The summed E-state index contributed by atoms with van der Waals surface area (Å²) in [5, 5.41) is 14.3. The quantitative estimate of drug-likeness (QED) is 0.628. The lowest BCUT2D eigenvalue weighted by molar-refractivity contribution is -0.112. The Morgan fingerprint density at radius 3 is 2.70 bits per heavy atom. The van der Waals surface area contributed by atoms with E-state index in [2.05, 4.69) is 69.1 Å². The first-order chi connectivity index (χ1) is 16.0. The summed E-state index contributed by atoms with van der Waals surface area (Å²) in [6.45, 7) is 7.63. The number of hydrogen-bond acceptors (Lipinski definition) is 5. The summed E-state index contributed by atoms with van der Waals surface area (Å²) < 4.78 is 2.08. The van der Waals surface area contributed by atoms with Gasteiger partial charge in [0, 0.05) is 17.1 Å². The van der Waals surface area contributed by atoms with Crippen molar-refractivity contribution >= 4 is 10.9 Å². The number of hydrogen-bond donors (Lipinski definition) is 1. The number of benzene rings is 1. The second-order valence-corrected chi connectivity index (χ2v) is 10.9. The highest BCUT2D eigenvalue weighted by molar-refractivity contribution is 5.79. The maximum atomic E-state index is 13.5. The van der Waals surface area contributed by atoms with Gasteiger partial charge in [-0.15, -0.1) is 5.10 Å². The third-order valence-electron chi connectivity index (χ3n) is 9.04. The molecule has 2 fully saturated rings. The molecule has 0 amide bonds. The summed E-state index contributed by atoms with van der Waals surface area (Å²) in [5.74, 6) is 0.806. The van der Waals surface area contributed by atoms with E-state index in [0.29, 0.717) is 6.04 Å². The van der Waals surface area contributed by atoms with Crippen molar-refractivity contribution in [2.45, 2.75) is 89.8 Å². The number of fused-ring (bicyclic) bond motifs is 4. The minimum absolute atomic E-state index is 0.0326. The molecular formula is C26H34N6O. The van der Waals surface area contributed by atoms with Gasteiger partial charge < -0.3 is 4.98 Å². The number of aryl methyl sites for hydroxylation is 1. The van der Waals surface area contributed by atoms with Gasteiger partial charge >= 0.3 is 0 Å². The van der Waals surface area contributed by atoms with E-state index in [-0.39, 0.29) is 22.6 Å². The molecule has 7 heteroatoms. The van der Waals surface area contributed by atoms with Crippen LogP contribution in [-0.4, -0.2) is 42.7 Å². The van der Waals surface area contributed by atoms with Crippen molar-refractivity contribution in [3.8, 4) is 0 Å². The number of nitrogens with zero attached hydrogens (tertiary/aromatic N) is 5. The Morgan fingerprint density at radius 1 is 1.12 bits per heavy atom. The van der Waals surface area contributed by atoms with Gasteiger partial charge in [-0.3, -0.25) is 9.69 Å². The molecule has 0 radical (unpaired) electrons. The molecule has 1 aliphatic carbocycles. The first-order valence-corrected chi connectivity index (χ1v) is 12.6. The van der Waals surface area contributed by atoms with Gasteiger partial charge in [0.2, 0.25) is 0 Å². The van der Waals surface area contributed by atoms with E-state index in [1.54, 1.807) is 0 Å². The molecule has 3 aliphatic rings. The second-order valence-electron chi connectivity index (χ2n) is 10.9. The zero-order valence-corrected chi connectivity index (χ0v) is 20.0. The van der Waals surface area contributed by atoms with Gasteiger partial charge in [-0.05, 0) is 91.4 Å². The number of aromatic nitrogens is 5. The lowest BCUT2D eigenvalue weighted by Crippen LogP contribution is -2.67. The molecule has 1 spiro atoms. The van der Waals surface area contributed by atoms with Crippen LogP contribution in [0.3, 0.4) is 0 Å². The van der Waals surface area contributed by atoms with E-state index in [1.165, 1.54) is 44.9 Å². The lowest BCUT2D eigenvalue weighted by atomic mass is 9.58. The molecule has 1 saturated carbocycles. The van der Waals surface area contributed by atoms with Crippen LogP contribution in [0.4, 0.5) is 0 Å². The Morgan fingerprint density at radius 2 is 1.91 bits per heavy atom. The summed E-state index contributed by atoms with van der Waals surface area (Å²) >= 11 is 0. The van der Waals surface area contributed by atoms with Crippen LogP contribution < -0.4 is 5.56 Å². The fourth-order valence-electron chi connectivity index (χ4n) is 7.49. The van der Waals surface area contributed by atoms with Gasteiger partial charge in [0.15, 0.2) is 5.82 Å². The third-order valence-corrected chi connectivity index (χ3v) is 9.04. The first kappa shape index (κ1) is 21.0. The maximum absolute atomic E-state index is 13.5. The van der Waals surface area contributed by atoms with Gasteiger partial charge in [-0.2, -0.15) is 0 Å². The van der Waals surface area contributed by atoms with Crippen molar-refractivity contribution in [1.29, 1.82) is 0 Å². The van der Waals surface area contributed by atoms with Gasteiger partial charge in [0.05, 0.1) is 5.54 Å². The van der Waals surface area contributed by atoms with E-state index in [1.807, 2.05) is 6.07 Å². The minimum Gasteiger partial charge on any atom is -0.322 e. The van der Waals surface area contributed by atoms with E-state index < -0.39 is 0 Å². The van der Waals surface area contributed by atoms with Crippen molar-refractivity contribution in [1.82, 2.24) is 30.1 Å². The highest BCUT2D eigenvalue weighted by atomic mass is 16.1. The summed E-state index contributed by atoms with van der Waals surface area (Å²) in [7, 11) is 0. The van der Waals surface area contributed by atoms with E-state index in [0.717, 1.165) is 40.8 Å². The molecule has 3 aromatic rings. The lowest BCUT2D eigenvalue weighted by Gasteiger charge is -2.62. The van der Waals surface area contributed by atoms with Crippen LogP contribution in [0.25, 0.3) is 10.9 Å². The van der Waals surface area contributed by atoms with Crippen LogP contribution in [0.1, 0.15) is 88.2 Å². The van der Waals surface area contributed by atoms with Crippen molar-refractivity contribution < 1.29 is 0 Å². The second kappa shape index (κ2) is 7.49. The monoisotopic (exact) mass is 446 g/mol. The van der Waals surface area contributed by atoms with Gasteiger partial charge in [-0.1, -0.05) is 38.3 Å². The molecule has 174 valence electrons. The number of pyridine rings is 1. The molecule has 1 saturated heterocycles. The topological polar surface area (TPSA) is 79.7 Å². The Balaban J connectivity index is 1.58. The summed E-state index contributed by atoms with van der Waals surface area (Å²) in [4.78, 5) is 19.3. The predicted octanol–water partition coefficient (Wildman–Crippen LogP) is 4.47. The zero-order valence-electron chi connectivity index (χ0n) is 20.0. The van der Waals surface area contributed by atoms with Gasteiger partial charge in [0.1, 0.15) is 6.04 Å². The molecule has 1 N–H and O–H groups in total. The number of tetrazole rings is 1. The van der Waals surface area contributed by atoms with Gasteiger partial charge in [0.25, 0.3) is 5.56 Å². The molecule has 6 rings (SSSR count). The molecule has 33 heavy (non-hydrogen) atoms. The van der Waals surface area contributed by atoms with Crippen LogP contribution in [0, 0.1) is 12.3 Å². The first-order valence-electron chi connectivity index (χ1n) is 12.6. The Kier molecular flexibility index (Phi) is 4.77. The Hall–Kier alpha value is -2.54. The van der Waals surface area contributed by atoms with E-state index in [4.69, 9.17) is 0 Å². The fraction of sp³-hybridized carbons (Fsp3) is 0.615. The molecule has 0 bridgehead atoms. The molecule has 7 nitrogen and oxygen atoms in total. The SMILES string of the molecule is CCC1(C)C2N(CCCC23CCCCC3)[C@H](c2cc3ccc(C)cc3[nH]c2=O)c2nnnn21. The summed E-state index contributed by atoms with van der Waals surface area (Å²) in [6.07, 6.45) is 9.86. The zero-order chi connectivity index (χ0) is 22.8. The van der Waals surface area contributed by atoms with Crippen LogP contribution in [0.2, 0.25) is 0 Å². The van der Waals surface area contributed by atoms with Crippen molar-refractivity contribution in [2.24, 2.45) is 5.41 Å².